The van der Waals surface area contributed by atoms with Crippen LogP contribution in [0.15, 0.2) is 71.1 Å². The maximum Gasteiger partial charge on any atom is 0.338 e. The topological polar surface area (TPSA) is 125 Å². The number of benzene rings is 3. The first-order valence-corrected chi connectivity index (χ1v) is 11.3. The number of anilines is 1. The van der Waals surface area contributed by atoms with Crippen molar-refractivity contribution in [1.29, 1.82) is 10.5 Å². The third-order valence-corrected chi connectivity index (χ3v) is 6.04. The van der Waals surface area contributed by atoms with E-state index in [0.29, 0.717) is 38.5 Å². The molecule has 36 heavy (non-hydrogen) atoms. The van der Waals surface area contributed by atoms with Gasteiger partial charge in [0.05, 0.1) is 27.8 Å². The SMILES string of the molecule is Cc1c(N[C@@H](c2nnc(-c3ccc(C#N)cc3)o2)[C@H](C)OC(=O)c2ccccc2)ccc(C#N)c1Cl. The lowest BCUT2D eigenvalue weighted by Crippen LogP contribution is -2.29. The van der Waals surface area contributed by atoms with Crippen LogP contribution >= 0.6 is 11.6 Å². The number of hydrogen-bond donors (Lipinski definition) is 1. The summed E-state index contributed by atoms with van der Waals surface area (Å²) in [7, 11) is 0. The monoisotopic (exact) mass is 497 g/mol. The molecule has 1 N–H and O–H groups in total. The molecular formula is C27H20ClN5O3. The van der Waals surface area contributed by atoms with Gasteiger partial charge in [-0.15, -0.1) is 10.2 Å². The number of nitrogens with one attached hydrogen (secondary N) is 1. The number of carbonyl (C=O) groups excluding carboxylic acids is 1. The third kappa shape index (κ3) is 5.20. The van der Waals surface area contributed by atoms with Gasteiger partial charge in [-0.1, -0.05) is 29.8 Å². The van der Waals surface area contributed by atoms with Crippen molar-refractivity contribution in [3.05, 3.63) is 99.9 Å². The number of nitrogens with zero attached hydrogens (tertiary/aromatic N) is 4. The highest BCUT2D eigenvalue weighted by Gasteiger charge is 2.29. The van der Waals surface area contributed by atoms with Gasteiger partial charge >= 0.3 is 5.97 Å². The molecule has 0 fully saturated rings. The first-order chi connectivity index (χ1) is 17.4. The molecule has 0 saturated heterocycles. The van der Waals surface area contributed by atoms with Crippen molar-refractivity contribution in [3.8, 4) is 23.6 Å². The van der Waals surface area contributed by atoms with Crippen LogP contribution in [0.25, 0.3) is 11.5 Å². The Morgan fingerprint density at radius 2 is 1.75 bits per heavy atom. The summed E-state index contributed by atoms with van der Waals surface area (Å²) in [6.45, 7) is 3.49. The molecule has 8 nitrogen and oxygen atoms in total. The molecule has 0 amide bonds. The molecule has 0 aliphatic carbocycles. The summed E-state index contributed by atoms with van der Waals surface area (Å²) in [4.78, 5) is 12.7. The van der Waals surface area contributed by atoms with Crippen LogP contribution < -0.4 is 5.32 Å². The summed E-state index contributed by atoms with van der Waals surface area (Å²) in [5.74, 6) is -0.0728. The van der Waals surface area contributed by atoms with Gasteiger partial charge in [-0.05, 0) is 67.9 Å². The van der Waals surface area contributed by atoms with E-state index < -0.39 is 18.1 Å². The molecular weight excluding hydrogens is 478 g/mol. The Balaban J connectivity index is 1.67. The highest BCUT2D eigenvalue weighted by Crippen LogP contribution is 2.32. The summed E-state index contributed by atoms with van der Waals surface area (Å²) in [6.07, 6.45) is -0.735. The zero-order valence-corrected chi connectivity index (χ0v) is 20.2. The van der Waals surface area contributed by atoms with Crippen molar-refractivity contribution >= 4 is 23.3 Å². The normalized spacial score (nSPS) is 12.1. The molecule has 1 aromatic heterocycles. The number of hydrogen-bond acceptors (Lipinski definition) is 8. The molecule has 2 atom stereocenters. The summed E-state index contributed by atoms with van der Waals surface area (Å²) in [6, 6.07) is 22.1. The minimum absolute atomic E-state index is 0.183. The molecule has 4 rings (SSSR count). The Bertz CT molecular complexity index is 1470. The lowest BCUT2D eigenvalue weighted by molar-refractivity contribution is 0.0282. The Kier molecular flexibility index (Phi) is 7.29. The molecule has 178 valence electrons. The minimum atomic E-state index is -0.736. The van der Waals surface area contributed by atoms with Gasteiger partial charge in [-0.25, -0.2) is 4.79 Å². The van der Waals surface area contributed by atoms with Crippen molar-refractivity contribution in [3.63, 3.8) is 0 Å². The summed E-state index contributed by atoms with van der Waals surface area (Å²) < 4.78 is 11.7. The van der Waals surface area contributed by atoms with Gasteiger partial charge in [-0.3, -0.25) is 0 Å². The Hall–Kier alpha value is -4.66. The average molecular weight is 498 g/mol. The fourth-order valence-electron chi connectivity index (χ4n) is 3.52. The quantitative estimate of drug-likeness (QED) is 0.315. The van der Waals surface area contributed by atoms with Crippen LogP contribution in [0, 0.1) is 29.6 Å². The van der Waals surface area contributed by atoms with Crippen LogP contribution in [-0.2, 0) is 4.74 Å². The fourth-order valence-corrected chi connectivity index (χ4v) is 3.73. The summed E-state index contributed by atoms with van der Waals surface area (Å²) in [5, 5.41) is 30.2. The van der Waals surface area contributed by atoms with Crippen molar-refractivity contribution in [2.24, 2.45) is 0 Å². The van der Waals surface area contributed by atoms with Crippen molar-refractivity contribution in [2.75, 3.05) is 5.32 Å². The number of esters is 1. The number of ether oxygens (including phenoxy) is 1. The summed E-state index contributed by atoms with van der Waals surface area (Å²) >= 11 is 6.36. The molecule has 0 aliphatic heterocycles. The minimum Gasteiger partial charge on any atom is -0.456 e. The Morgan fingerprint density at radius 3 is 2.42 bits per heavy atom. The molecule has 4 aromatic rings. The summed E-state index contributed by atoms with van der Waals surface area (Å²) in [5.41, 5.74) is 3.16. The van der Waals surface area contributed by atoms with Crippen LogP contribution in [0.5, 0.6) is 0 Å². The number of rotatable bonds is 7. The lowest BCUT2D eigenvalue weighted by atomic mass is 10.1. The van der Waals surface area contributed by atoms with Crippen molar-refractivity contribution in [1.82, 2.24) is 10.2 Å². The van der Waals surface area contributed by atoms with Gasteiger partial charge in [0.15, 0.2) is 0 Å². The van der Waals surface area contributed by atoms with Gasteiger partial charge in [0.1, 0.15) is 18.2 Å². The second-order valence-electron chi connectivity index (χ2n) is 7.94. The predicted octanol–water partition coefficient (Wildman–Crippen LogP) is 5.84. The molecule has 1 heterocycles. The fraction of sp³-hybridized carbons (Fsp3) is 0.148. The second kappa shape index (κ2) is 10.7. The van der Waals surface area contributed by atoms with E-state index in [-0.39, 0.29) is 11.8 Å². The zero-order valence-electron chi connectivity index (χ0n) is 19.4. The number of halogens is 1. The highest BCUT2D eigenvalue weighted by molar-refractivity contribution is 6.32. The standard InChI is InChI=1S/C27H20ClN5O3/c1-16-22(13-12-21(15-30)23(16)28)31-24(17(2)35-27(34)20-6-4-3-5-7-20)26-33-32-25(36-26)19-10-8-18(14-29)9-11-19/h3-13,17,24,31H,1-2H3/t17-,24+/m0/s1. The van der Waals surface area contributed by atoms with Gasteiger partial charge in [0.2, 0.25) is 11.8 Å². The van der Waals surface area contributed by atoms with E-state index in [2.05, 4.69) is 27.7 Å². The van der Waals surface area contributed by atoms with Gasteiger partial charge < -0.3 is 14.5 Å². The number of aromatic nitrogens is 2. The molecule has 9 heteroatoms. The van der Waals surface area contributed by atoms with Crippen LogP contribution in [-0.4, -0.2) is 22.3 Å². The third-order valence-electron chi connectivity index (χ3n) is 5.56. The first kappa shape index (κ1) is 24.5. The van der Waals surface area contributed by atoms with Crippen molar-refractivity contribution < 1.29 is 13.9 Å². The smallest absolute Gasteiger partial charge is 0.338 e. The largest absolute Gasteiger partial charge is 0.456 e. The molecule has 0 radical (unpaired) electrons. The number of nitriles is 2. The predicted molar refractivity (Wildman–Crippen MR) is 133 cm³/mol. The van der Waals surface area contributed by atoms with E-state index in [1.807, 2.05) is 6.07 Å². The molecule has 0 spiro atoms. The highest BCUT2D eigenvalue weighted by atomic mass is 35.5. The zero-order chi connectivity index (χ0) is 25.7. The van der Waals surface area contributed by atoms with E-state index in [1.165, 1.54) is 0 Å². The van der Waals surface area contributed by atoms with Gasteiger partial charge in [0, 0.05) is 11.3 Å². The Morgan fingerprint density at radius 1 is 1.03 bits per heavy atom. The number of carbonyl (C=O) groups is 1. The van der Waals surface area contributed by atoms with Crippen LogP contribution in [0.1, 0.15) is 45.9 Å². The van der Waals surface area contributed by atoms with Crippen LogP contribution in [0.3, 0.4) is 0 Å². The van der Waals surface area contributed by atoms with E-state index >= 15 is 0 Å². The average Bonchev–Trinajstić information content (AvgIpc) is 3.40. The van der Waals surface area contributed by atoms with Gasteiger partial charge in [-0.2, -0.15) is 10.5 Å². The lowest BCUT2D eigenvalue weighted by Gasteiger charge is -2.24. The van der Waals surface area contributed by atoms with E-state index in [4.69, 9.17) is 26.0 Å². The molecule has 0 bridgehead atoms. The maximum atomic E-state index is 12.7. The van der Waals surface area contributed by atoms with Gasteiger partial charge in [0.25, 0.3) is 0 Å². The van der Waals surface area contributed by atoms with E-state index in [1.54, 1.807) is 74.5 Å². The Labute approximate surface area is 212 Å². The van der Waals surface area contributed by atoms with Crippen LogP contribution in [0.4, 0.5) is 5.69 Å². The molecule has 0 unspecified atom stereocenters. The molecule has 0 aliphatic rings. The maximum absolute atomic E-state index is 12.7. The van der Waals surface area contributed by atoms with E-state index in [9.17, 15) is 10.1 Å². The van der Waals surface area contributed by atoms with Crippen LogP contribution in [0.2, 0.25) is 5.02 Å². The first-order valence-electron chi connectivity index (χ1n) is 11.0. The van der Waals surface area contributed by atoms with Crippen molar-refractivity contribution in [2.45, 2.75) is 26.0 Å². The molecule has 3 aromatic carbocycles. The van der Waals surface area contributed by atoms with E-state index in [0.717, 1.165) is 0 Å². The molecule has 0 saturated carbocycles. The second-order valence-corrected chi connectivity index (χ2v) is 8.32.